The van der Waals surface area contributed by atoms with Gasteiger partial charge < -0.3 is 9.64 Å². The molecule has 3 N–H and O–H groups in total. The van der Waals surface area contributed by atoms with Crippen LogP contribution in [0, 0.1) is 23.6 Å². The summed E-state index contributed by atoms with van der Waals surface area (Å²) in [4.78, 5) is 2.02. The molecule has 8 nitrogen and oxygen atoms in total. The van der Waals surface area contributed by atoms with Crippen LogP contribution in [0.3, 0.4) is 0 Å². The molecule has 7 rings (SSSR count). The fourth-order valence-corrected chi connectivity index (χ4v) is 6.76. The van der Waals surface area contributed by atoms with E-state index in [1.165, 1.54) is 0 Å². The quantitative estimate of drug-likeness (QED) is 0.247. The second-order valence-electron chi connectivity index (χ2n) is 13.4. The van der Waals surface area contributed by atoms with Gasteiger partial charge in [-0.2, -0.15) is 15.3 Å². The van der Waals surface area contributed by atoms with Gasteiger partial charge in [-0.3, -0.25) is 16.3 Å². The predicted molar refractivity (Wildman–Crippen MR) is 215 cm³/mol. The van der Waals surface area contributed by atoms with Crippen molar-refractivity contribution < 1.29 is 9.13 Å². The zero-order valence-corrected chi connectivity index (χ0v) is 32.1. The van der Waals surface area contributed by atoms with E-state index in [2.05, 4.69) is 72.1 Å². The zero-order valence-electron chi connectivity index (χ0n) is 29.8. The maximum atomic E-state index is 14.4. The summed E-state index contributed by atoms with van der Waals surface area (Å²) in [6.07, 6.45) is 2.65. The first-order valence-electron chi connectivity index (χ1n) is 17.3. The highest BCUT2D eigenvalue weighted by Crippen LogP contribution is 2.28. The van der Waals surface area contributed by atoms with E-state index >= 15 is 0 Å². The monoisotopic (exact) mass is 763 g/mol. The maximum absolute atomic E-state index is 14.4. The second-order valence-corrected chi connectivity index (χ2v) is 14.6. The summed E-state index contributed by atoms with van der Waals surface area (Å²) in [5.74, 6) is 0.784. The van der Waals surface area contributed by atoms with E-state index in [1.807, 2.05) is 53.4 Å². The third-order valence-electron chi connectivity index (χ3n) is 9.01. The molecular formula is C40H45Cl3FN7O. The number of benzene rings is 3. The summed E-state index contributed by atoms with van der Waals surface area (Å²) in [5, 5.41) is 14.8. The van der Waals surface area contributed by atoms with Gasteiger partial charge >= 0.3 is 0 Å². The average Bonchev–Trinajstić information content (AvgIpc) is 3.11. The minimum atomic E-state index is -0.200. The molecule has 3 aromatic carbocycles. The van der Waals surface area contributed by atoms with Crippen molar-refractivity contribution >= 4 is 57.6 Å². The zero-order chi connectivity index (χ0) is 37.4. The first-order chi connectivity index (χ1) is 24.9. The number of hydrogen-bond acceptors (Lipinski definition) is 8. The Kier molecular flexibility index (Phi) is 13.6. The molecule has 3 aromatic rings. The van der Waals surface area contributed by atoms with Crippen LogP contribution in [-0.2, 0) is 4.74 Å². The Morgan fingerprint density at radius 1 is 0.635 bits per heavy atom. The van der Waals surface area contributed by atoms with Gasteiger partial charge in [0.1, 0.15) is 5.82 Å². The van der Waals surface area contributed by atoms with E-state index in [4.69, 9.17) is 39.5 Å². The lowest BCUT2D eigenvalue weighted by molar-refractivity contribution is 0.122. The fourth-order valence-electron chi connectivity index (χ4n) is 6.33. The van der Waals surface area contributed by atoms with Crippen molar-refractivity contribution in [2.24, 2.45) is 33.1 Å². The normalized spacial score (nSPS) is 21.4. The van der Waals surface area contributed by atoms with E-state index in [0.717, 1.165) is 88.3 Å². The van der Waals surface area contributed by atoms with Gasteiger partial charge in [0.05, 0.1) is 46.1 Å². The molecule has 1 saturated heterocycles. The standard InChI is InChI=1S/C16H20FN3O.C12H12Cl2N2.C12H13ClN2/c1-11-9-12(2)18-19-16(11)13-3-4-15(14(17)10-13)20-5-7-21-8-6-20;1-7-5-8(2)15-16-12(7)9-3-4-10(13)11(14)6-9;1-8-7-9(2)14-15-12(8)10-3-5-11(13)6-4-10/h3-4,10-11,18H,2,5-9H2,1H3;3-4,6-7,15H,2,5H2,1H3;3-6,8,14H,2,7H2,1H3/t11-;7-;8-/m111/s1. The van der Waals surface area contributed by atoms with Crippen molar-refractivity contribution in [2.45, 2.75) is 40.0 Å². The lowest BCUT2D eigenvalue weighted by atomic mass is 9.93. The molecule has 0 unspecified atom stereocenters. The number of hydrazone groups is 3. The minimum absolute atomic E-state index is 0.200. The molecule has 3 atom stereocenters. The Hall–Kier alpha value is -4.15. The lowest BCUT2D eigenvalue weighted by Gasteiger charge is -2.29. The molecular weight excluding hydrogens is 720 g/mol. The number of allylic oxidation sites excluding steroid dienone is 3. The maximum Gasteiger partial charge on any atom is 0.147 e. The van der Waals surface area contributed by atoms with Crippen LogP contribution < -0.4 is 21.2 Å². The van der Waals surface area contributed by atoms with Crippen molar-refractivity contribution in [1.82, 2.24) is 16.3 Å². The first kappa shape index (κ1) is 39.1. The van der Waals surface area contributed by atoms with Gasteiger partial charge in [0.15, 0.2) is 0 Å². The van der Waals surface area contributed by atoms with Gasteiger partial charge in [-0.25, -0.2) is 4.39 Å². The summed E-state index contributed by atoms with van der Waals surface area (Å²) < 4.78 is 19.7. The molecule has 0 radical (unpaired) electrons. The molecule has 0 aromatic heterocycles. The number of morpholine rings is 1. The van der Waals surface area contributed by atoms with E-state index in [-0.39, 0.29) is 11.7 Å². The Labute approximate surface area is 321 Å². The highest BCUT2D eigenvalue weighted by Gasteiger charge is 2.22. The highest BCUT2D eigenvalue weighted by atomic mass is 35.5. The second kappa shape index (κ2) is 18.1. The number of hydrogen-bond donors (Lipinski definition) is 3. The van der Waals surface area contributed by atoms with Gasteiger partial charge in [-0.1, -0.05) is 99.6 Å². The van der Waals surface area contributed by atoms with Crippen LogP contribution in [0.5, 0.6) is 0 Å². The van der Waals surface area contributed by atoms with Crippen LogP contribution in [0.2, 0.25) is 15.1 Å². The predicted octanol–water partition coefficient (Wildman–Crippen LogP) is 9.54. The summed E-state index contributed by atoms with van der Waals surface area (Å²) in [6, 6.07) is 18.7. The van der Waals surface area contributed by atoms with Crippen molar-refractivity contribution in [2.75, 3.05) is 31.2 Å². The van der Waals surface area contributed by atoms with Gasteiger partial charge in [0, 0.05) is 58.5 Å². The molecule has 4 aliphatic rings. The number of anilines is 1. The van der Waals surface area contributed by atoms with Gasteiger partial charge in [-0.15, -0.1) is 0 Å². The van der Waals surface area contributed by atoms with Crippen LogP contribution in [-0.4, -0.2) is 43.4 Å². The fraction of sp³-hybridized carbons (Fsp3) is 0.325. The molecule has 12 heteroatoms. The SMILES string of the molecule is C=C1C[C@@H](C)C(c2ccc(Cl)c(Cl)c2)=NN1.C=C1C[C@@H](C)C(c2ccc(Cl)cc2)=NN1.C=C1C[C@@H](C)C(c2ccc(N3CCOCC3)c(F)c2)=NN1. The summed E-state index contributed by atoms with van der Waals surface area (Å²) in [5.41, 5.74) is 18.1. The molecule has 4 aliphatic heterocycles. The van der Waals surface area contributed by atoms with E-state index in [1.54, 1.807) is 12.1 Å². The Bertz CT molecular complexity index is 1890. The number of nitrogens with one attached hydrogen (secondary N) is 3. The van der Waals surface area contributed by atoms with E-state index < -0.39 is 0 Å². The molecule has 0 spiro atoms. The number of ether oxygens (including phenoxy) is 1. The van der Waals surface area contributed by atoms with Crippen LogP contribution in [0.1, 0.15) is 56.7 Å². The molecule has 0 bridgehead atoms. The number of halogens is 4. The molecule has 52 heavy (non-hydrogen) atoms. The van der Waals surface area contributed by atoms with Crippen LogP contribution in [0.25, 0.3) is 0 Å². The molecule has 4 heterocycles. The number of nitrogens with zero attached hydrogens (tertiary/aromatic N) is 4. The molecule has 0 aliphatic carbocycles. The summed E-state index contributed by atoms with van der Waals surface area (Å²) in [6.45, 7) is 20.7. The van der Waals surface area contributed by atoms with Crippen molar-refractivity contribution in [3.8, 4) is 0 Å². The Balaban J connectivity index is 0.000000154. The van der Waals surface area contributed by atoms with Crippen LogP contribution in [0.15, 0.2) is 113 Å². The van der Waals surface area contributed by atoms with Gasteiger partial charge in [0.25, 0.3) is 0 Å². The lowest BCUT2D eigenvalue weighted by Crippen LogP contribution is -2.36. The summed E-state index contributed by atoms with van der Waals surface area (Å²) in [7, 11) is 0. The highest BCUT2D eigenvalue weighted by molar-refractivity contribution is 6.42. The van der Waals surface area contributed by atoms with E-state index in [0.29, 0.717) is 40.8 Å². The Morgan fingerprint density at radius 2 is 1.08 bits per heavy atom. The van der Waals surface area contributed by atoms with Crippen molar-refractivity contribution in [1.29, 1.82) is 0 Å². The third-order valence-corrected chi connectivity index (χ3v) is 10.0. The van der Waals surface area contributed by atoms with Crippen LogP contribution in [0.4, 0.5) is 10.1 Å². The third kappa shape index (κ3) is 10.3. The molecule has 1 fully saturated rings. The summed E-state index contributed by atoms with van der Waals surface area (Å²) >= 11 is 17.7. The van der Waals surface area contributed by atoms with Gasteiger partial charge in [-0.05, 0) is 66.8 Å². The van der Waals surface area contributed by atoms with Crippen molar-refractivity contribution in [3.05, 3.63) is 135 Å². The smallest absolute Gasteiger partial charge is 0.147 e. The molecule has 0 amide bonds. The topological polar surface area (TPSA) is 85.6 Å². The van der Waals surface area contributed by atoms with Crippen LogP contribution >= 0.6 is 34.8 Å². The van der Waals surface area contributed by atoms with Crippen molar-refractivity contribution in [3.63, 3.8) is 0 Å². The molecule has 0 saturated carbocycles. The largest absolute Gasteiger partial charge is 0.378 e. The van der Waals surface area contributed by atoms with Gasteiger partial charge in [0.2, 0.25) is 0 Å². The molecule has 274 valence electrons. The number of rotatable bonds is 4. The minimum Gasteiger partial charge on any atom is -0.378 e. The first-order valence-corrected chi connectivity index (χ1v) is 18.4. The average molecular weight is 765 g/mol. The Morgan fingerprint density at radius 3 is 1.54 bits per heavy atom. The van der Waals surface area contributed by atoms with E-state index in [9.17, 15) is 4.39 Å².